The van der Waals surface area contributed by atoms with E-state index in [0.29, 0.717) is 48.8 Å². The van der Waals surface area contributed by atoms with Gasteiger partial charge in [0.25, 0.3) is 0 Å². The zero-order chi connectivity index (χ0) is 21.5. The smallest absolute Gasteiger partial charge is 0.238 e. The number of halogens is 1. The maximum absolute atomic E-state index is 12.9. The third-order valence-corrected chi connectivity index (χ3v) is 5.10. The lowest BCUT2D eigenvalue weighted by atomic mass is 9.95. The molecule has 0 bridgehead atoms. The van der Waals surface area contributed by atoms with Gasteiger partial charge < -0.3 is 20.1 Å². The molecular weight excluding hydrogens is 389 g/mol. The van der Waals surface area contributed by atoms with Crippen LogP contribution in [0.15, 0.2) is 42.5 Å². The van der Waals surface area contributed by atoms with Gasteiger partial charge in [0, 0.05) is 23.4 Å². The van der Waals surface area contributed by atoms with Gasteiger partial charge in [0.05, 0.1) is 20.8 Å². The van der Waals surface area contributed by atoms with Crippen LogP contribution in [-0.2, 0) is 9.59 Å². The summed E-state index contributed by atoms with van der Waals surface area (Å²) in [4.78, 5) is 26.8. The van der Waals surface area contributed by atoms with Crippen molar-refractivity contribution in [2.24, 2.45) is 5.92 Å². The van der Waals surface area contributed by atoms with E-state index in [1.54, 1.807) is 32.4 Å². The van der Waals surface area contributed by atoms with Crippen molar-refractivity contribution in [3.05, 3.63) is 48.3 Å². The number of nitrogens with zero attached hydrogens (tertiary/aromatic N) is 1. The Hall–Kier alpha value is -3.13. The number of methoxy groups -OCH3 is 2. The highest BCUT2D eigenvalue weighted by atomic mass is 19.1. The predicted octanol–water partition coefficient (Wildman–Crippen LogP) is 3.13. The van der Waals surface area contributed by atoms with Crippen LogP contribution < -0.4 is 20.1 Å². The van der Waals surface area contributed by atoms with Gasteiger partial charge in [-0.15, -0.1) is 0 Å². The van der Waals surface area contributed by atoms with Crippen LogP contribution in [0.25, 0.3) is 0 Å². The molecule has 0 unspecified atom stereocenters. The zero-order valence-corrected chi connectivity index (χ0v) is 17.1. The zero-order valence-electron chi connectivity index (χ0n) is 17.1. The number of nitrogens with one attached hydrogen (secondary N) is 2. The van der Waals surface area contributed by atoms with E-state index in [1.165, 1.54) is 24.3 Å². The summed E-state index contributed by atoms with van der Waals surface area (Å²) in [6, 6.07) is 10.9. The number of anilines is 2. The van der Waals surface area contributed by atoms with Crippen LogP contribution in [0, 0.1) is 11.7 Å². The molecular formula is C22H26FN3O4. The lowest BCUT2D eigenvalue weighted by Gasteiger charge is -2.30. The highest BCUT2D eigenvalue weighted by Crippen LogP contribution is 2.30. The van der Waals surface area contributed by atoms with Crippen LogP contribution in [0.4, 0.5) is 15.8 Å². The van der Waals surface area contributed by atoms with Gasteiger partial charge in [0.1, 0.15) is 5.82 Å². The number of likely N-dealkylation sites (tertiary alicyclic amines) is 1. The highest BCUT2D eigenvalue weighted by molar-refractivity contribution is 5.93. The predicted molar refractivity (Wildman–Crippen MR) is 112 cm³/mol. The average Bonchev–Trinajstić information content (AvgIpc) is 2.75. The van der Waals surface area contributed by atoms with Gasteiger partial charge in [-0.2, -0.15) is 0 Å². The summed E-state index contributed by atoms with van der Waals surface area (Å²) >= 11 is 0. The Morgan fingerprint density at radius 3 is 2.23 bits per heavy atom. The van der Waals surface area contributed by atoms with E-state index in [4.69, 9.17) is 9.47 Å². The summed E-state index contributed by atoms with van der Waals surface area (Å²) in [5.41, 5.74) is 1.21. The highest BCUT2D eigenvalue weighted by Gasteiger charge is 2.26. The number of hydrogen-bond acceptors (Lipinski definition) is 5. The second kappa shape index (κ2) is 10.1. The van der Waals surface area contributed by atoms with Crippen molar-refractivity contribution < 1.29 is 23.5 Å². The maximum Gasteiger partial charge on any atom is 0.238 e. The molecule has 7 nitrogen and oxygen atoms in total. The molecule has 2 aromatic carbocycles. The fraction of sp³-hybridized carbons (Fsp3) is 0.364. The second-order valence-corrected chi connectivity index (χ2v) is 7.16. The normalized spacial score (nSPS) is 14.8. The molecule has 1 aliphatic rings. The molecule has 1 heterocycles. The number of ether oxygens (including phenoxy) is 2. The lowest BCUT2D eigenvalue weighted by Crippen LogP contribution is -2.41. The Labute approximate surface area is 175 Å². The van der Waals surface area contributed by atoms with Gasteiger partial charge >= 0.3 is 0 Å². The molecule has 0 saturated carbocycles. The Balaban J connectivity index is 1.46. The molecule has 160 valence electrons. The SMILES string of the molecule is COc1ccc(NC(=O)C2CCN(CC(=O)Nc3ccc(F)cc3)CC2)cc1OC. The summed E-state index contributed by atoms with van der Waals surface area (Å²) in [5, 5.41) is 5.68. The van der Waals surface area contributed by atoms with Crippen LogP contribution in [0.5, 0.6) is 11.5 Å². The molecule has 2 amide bonds. The molecule has 0 aromatic heterocycles. The lowest BCUT2D eigenvalue weighted by molar-refractivity contribution is -0.121. The molecule has 3 rings (SSSR count). The Kier molecular flexibility index (Phi) is 7.24. The molecule has 30 heavy (non-hydrogen) atoms. The number of piperidine rings is 1. The topological polar surface area (TPSA) is 79.9 Å². The van der Waals surface area contributed by atoms with Crippen molar-refractivity contribution in [1.29, 1.82) is 0 Å². The first-order valence-corrected chi connectivity index (χ1v) is 9.79. The van der Waals surface area contributed by atoms with E-state index in [2.05, 4.69) is 10.6 Å². The average molecular weight is 415 g/mol. The molecule has 8 heteroatoms. The van der Waals surface area contributed by atoms with E-state index in [9.17, 15) is 14.0 Å². The molecule has 0 aliphatic carbocycles. The van der Waals surface area contributed by atoms with Gasteiger partial charge in [-0.1, -0.05) is 0 Å². The van der Waals surface area contributed by atoms with E-state index < -0.39 is 0 Å². The number of rotatable bonds is 7. The van der Waals surface area contributed by atoms with Crippen molar-refractivity contribution in [1.82, 2.24) is 4.90 Å². The summed E-state index contributed by atoms with van der Waals surface area (Å²) in [6.45, 7) is 1.54. The van der Waals surface area contributed by atoms with E-state index in [1.807, 2.05) is 4.90 Å². The van der Waals surface area contributed by atoms with Crippen molar-refractivity contribution in [2.45, 2.75) is 12.8 Å². The van der Waals surface area contributed by atoms with Crippen molar-refractivity contribution >= 4 is 23.2 Å². The number of hydrogen-bond donors (Lipinski definition) is 2. The fourth-order valence-electron chi connectivity index (χ4n) is 3.45. The minimum absolute atomic E-state index is 0.0439. The molecule has 2 aromatic rings. The first kappa shape index (κ1) is 21.6. The first-order valence-electron chi connectivity index (χ1n) is 9.79. The maximum atomic E-state index is 12.9. The standard InChI is InChI=1S/C22H26FN3O4/c1-29-19-8-7-18(13-20(19)30-2)25-22(28)15-9-11-26(12-10-15)14-21(27)24-17-5-3-16(23)4-6-17/h3-8,13,15H,9-12,14H2,1-2H3,(H,24,27)(H,25,28). The summed E-state index contributed by atoms with van der Waals surface area (Å²) in [7, 11) is 3.11. The summed E-state index contributed by atoms with van der Waals surface area (Å²) < 4.78 is 23.4. The molecule has 1 saturated heterocycles. The van der Waals surface area contributed by atoms with Crippen LogP contribution in [0.3, 0.4) is 0 Å². The third kappa shape index (κ3) is 5.70. The van der Waals surface area contributed by atoms with Crippen LogP contribution in [-0.4, -0.2) is 50.6 Å². The summed E-state index contributed by atoms with van der Waals surface area (Å²) in [5.74, 6) is 0.489. The van der Waals surface area contributed by atoms with Crippen molar-refractivity contribution in [3.63, 3.8) is 0 Å². The Morgan fingerprint density at radius 2 is 1.60 bits per heavy atom. The van der Waals surface area contributed by atoms with Crippen LogP contribution in [0.1, 0.15) is 12.8 Å². The number of carbonyl (C=O) groups excluding carboxylic acids is 2. The van der Waals surface area contributed by atoms with Crippen LogP contribution >= 0.6 is 0 Å². The molecule has 0 atom stereocenters. The summed E-state index contributed by atoms with van der Waals surface area (Å²) in [6.07, 6.45) is 1.34. The third-order valence-electron chi connectivity index (χ3n) is 5.10. The van der Waals surface area contributed by atoms with Gasteiger partial charge in [-0.3, -0.25) is 14.5 Å². The monoisotopic (exact) mass is 415 g/mol. The van der Waals surface area contributed by atoms with Crippen LogP contribution in [0.2, 0.25) is 0 Å². The van der Waals surface area contributed by atoms with Crippen molar-refractivity contribution in [2.75, 3.05) is 44.5 Å². The van der Waals surface area contributed by atoms with E-state index in [-0.39, 0.29) is 30.1 Å². The van der Waals surface area contributed by atoms with Gasteiger partial charge in [-0.25, -0.2) is 4.39 Å². The molecule has 0 spiro atoms. The van der Waals surface area contributed by atoms with E-state index >= 15 is 0 Å². The first-order chi connectivity index (χ1) is 14.5. The Bertz CT molecular complexity index is 880. The largest absolute Gasteiger partial charge is 0.493 e. The molecule has 1 aliphatic heterocycles. The second-order valence-electron chi connectivity index (χ2n) is 7.16. The number of benzene rings is 2. The quantitative estimate of drug-likeness (QED) is 0.726. The van der Waals surface area contributed by atoms with E-state index in [0.717, 1.165) is 0 Å². The number of carbonyl (C=O) groups is 2. The minimum atomic E-state index is -0.346. The Morgan fingerprint density at radius 1 is 0.967 bits per heavy atom. The van der Waals surface area contributed by atoms with Crippen molar-refractivity contribution in [3.8, 4) is 11.5 Å². The number of amides is 2. The molecule has 2 N–H and O–H groups in total. The fourth-order valence-corrected chi connectivity index (χ4v) is 3.45. The van der Waals surface area contributed by atoms with Gasteiger partial charge in [-0.05, 0) is 62.3 Å². The molecule has 0 radical (unpaired) electrons. The molecule has 1 fully saturated rings. The minimum Gasteiger partial charge on any atom is -0.493 e. The van der Waals surface area contributed by atoms with Gasteiger partial charge in [0.2, 0.25) is 11.8 Å². The van der Waals surface area contributed by atoms with Gasteiger partial charge in [0.15, 0.2) is 11.5 Å².